The predicted octanol–water partition coefficient (Wildman–Crippen LogP) is 3.71. The Labute approximate surface area is 129 Å². The Bertz CT molecular complexity index is 441. The third-order valence-electron chi connectivity index (χ3n) is 4.38. The van der Waals surface area contributed by atoms with E-state index in [1.165, 1.54) is 6.42 Å². The van der Waals surface area contributed by atoms with E-state index in [1.54, 1.807) is 14.2 Å². The van der Waals surface area contributed by atoms with Gasteiger partial charge in [-0.3, -0.25) is 0 Å². The standard InChI is InChI=1S/C16H23BrO3/c1-19-13-6-7-14(17)12(10-13)11-15(18)16(20-2)8-4-3-5-9-16/h6-7,10,15,18H,3-5,8-9,11H2,1-2H3. The first kappa shape index (κ1) is 15.8. The van der Waals surface area contributed by atoms with E-state index < -0.39 is 6.10 Å². The fourth-order valence-corrected chi connectivity index (χ4v) is 3.46. The molecule has 0 aromatic heterocycles. The second kappa shape index (κ2) is 6.92. The van der Waals surface area contributed by atoms with E-state index in [4.69, 9.17) is 9.47 Å². The van der Waals surface area contributed by atoms with E-state index in [-0.39, 0.29) is 5.60 Å². The van der Waals surface area contributed by atoms with Crippen LogP contribution in [0.1, 0.15) is 37.7 Å². The van der Waals surface area contributed by atoms with E-state index in [0.29, 0.717) is 6.42 Å². The molecular formula is C16H23BrO3. The Morgan fingerprint density at radius 2 is 1.95 bits per heavy atom. The van der Waals surface area contributed by atoms with Crippen molar-refractivity contribution in [3.05, 3.63) is 28.2 Å². The van der Waals surface area contributed by atoms with Gasteiger partial charge in [0.25, 0.3) is 0 Å². The number of halogens is 1. The maximum Gasteiger partial charge on any atom is 0.119 e. The largest absolute Gasteiger partial charge is 0.497 e. The number of ether oxygens (including phenoxy) is 2. The average molecular weight is 343 g/mol. The van der Waals surface area contributed by atoms with Crippen molar-refractivity contribution in [2.45, 2.75) is 50.2 Å². The average Bonchev–Trinajstić information content (AvgIpc) is 2.50. The molecule has 1 saturated carbocycles. The van der Waals surface area contributed by atoms with Gasteiger partial charge in [0.1, 0.15) is 5.75 Å². The Balaban J connectivity index is 2.15. The zero-order valence-corrected chi connectivity index (χ0v) is 13.8. The second-order valence-electron chi connectivity index (χ2n) is 5.51. The molecule has 1 unspecified atom stereocenters. The molecule has 4 heteroatoms. The number of aliphatic hydroxyl groups excluding tert-OH is 1. The lowest BCUT2D eigenvalue weighted by atomic mass is 9.78. The maximum atomic E-state index is 10.7. The quantitative estimate of drug-likeness (QED) is 0.886. The summed E-state index contributed by atoms with van der Waals surface area (Å²) in [6.45, 7) is 0. The molecule has 1 aromatic carbocycles. The highest BCUT2D eigenvalue weighted by molar-refractivity contribution is 9.10. The molecule has 1 aromatic rings. The molecule has 1 aliphatic rings. The van der Waals surface area contributed by atoms with Crippen LogP contribution in [0.25, 0.3) is 0 Å². The Morgan fingerprint density at radius 1 is 1.25 bits per heavy atom. The first-order valence-corrected chi connectivity index (χ1v) is 7.96. The molecular weight excluding hydrogens is 320 g/mol. The Hall–Kier alpha value is -0.580. The summed E-state index contributed by atoms with van der Waals surface area (Å²) in [6, 6.07) is 5.84. The second-order valence-corrected chi connectivity index (χ2v) is 6.36. The summed E-state index contributed by atoms with van der Waals surface area (Å²) in [5.74, 6) is 0.811. The molecule has 1 fully saturated rings. The molecule has 0 saturated heterocycles. The van der Waals surface area contributed by atoms with Crippen molar-refractivity contribution in [3.63, 3.8) is 0 Å². The van der Waals surface area contributed by atoms with Crippen molar-refractivity contribution in [3.8, 4) is 5.75 Å². The van der Waals surface area contributed by atoms with Gasteiger partial charge in [-0.15, -0.1) is 0 Å². The summed E-state index contributed by atoms with van der Waals surface area (Å²) in [7, 11) is 3.37. The van der Waals surface area contributed by atoms with Crippen LogP contribution in [0.15, 0.2) is 22.7 Å². The van der Waals surface area contributed by atoms with Crippen LogP contribution < -0.4 is 4.74 Å². The summed E-state index contributed by atoms with van der Waals surface area (Å²) in [4.78, 5) is 0. The highest BCUT2D eigenvalue weighted by Crippen LogP contribution is 2.36. The molecule has 3 nitrogen and oxygen atoms in total. The first-order valence-electron chi connectivity index (χ1n) is 7.17. The predicted molar refractivity (Wildman–Crippen MR) is 83.2 cm³/mol. The first-order chi connectivity index (χ1) is 9.61. The topological polar surface area (TPSA) is 38.7 Å². The van der Waals surface area contributed by atoms with E-state index in [0.717, 1.165) is 41.5 Å². The number of hydrogen-bond donors (Lipinski definition) is 1. The fourth-order valence-electron chi connectivity index (χ4n) is 3.05. The van der Waals surface area contributed by atoms with Crippen molar-refractivity contribution in [2.24, 2.45) is 0 Å². The van der Waals surface area contributed by atoms with Crippen LogP contribution in [0.5, 0.6) is 5.75 Å². The van der Waals surface area contributed by atoms with Gasteiger partial charge >= 0.3 is 0 Å². The summed E-state index contributed by atoms with van der Waals surface area (Å²) < 4.78 is 12.0. The van der Waals surface area contributed by atoms with Gasteiger partial charge in [0, 0.05) is 18.0 Å². The summed E-state index contributed by atoms with van der Waals surface area (Å²) >= 11 is 3.54. The van der Waals surface area contributed by atoms with Gasteiger partial charge < -0.3 is 14.6 Å². The van der Waals surface area contributed by atoms with Crippen molar-refractivity contribution in [1.29, 1.82) is 0 Å². The number of benzene rings is 1. The number of hydrogen-bond acceptors (Lipinski definition) is 3. The molecule has 20 heavy (non-hydrogen) atoms. The highest BCUT2D eigenvalue weighted by atomic mass is 79.9. The molecule has 112 valence electrons. The van der Waals surface area contributed by atoms with E-state index in [1.807, 2.05) is 18.2 Å². The molecule has 2 rings (SSSR count). The summed E-state index contributed by atoms with van der Waals surface area (Å²) in [5, 5.41) is 10.7. The van der Waals surface area contributed by atoms with Crippen molar-refractivity contribution in [2.75, 3.05) is 14.2 Å². The third-order valence-corrected chi connectivity index (χ3v) is 5.15. The van der Waals surface area contributed by atoms with Gasteiger partial charge in [-0.25, -0.2) is 0 Å². The van der Waals surface area contributed by atoms with Crippen molar-refractivity contribution < 1.29 is 14.6 Å². The van der Waals surface area contributed by atoms with Crippen LogP contribution in [0.3, 0.4) is 0 Å². The lowest BCUT2D eigenvalue weighted by Gasteiger charge is -2.40. The zero-order valence-electron chi connectivity index (χ0n) is 12.2. The van der Waals surface area contributed by atoms with E-state index >= 15 is 0 Å². The van der Waals surface area contributed by atoms with E-state index in [9.17, 15) is 5.11 Å². The molecule has 0 bridgehead atoms. The van der Waals surface area contributed by atoms with Crippen LogP contribution >= 0.6 is 15.9 Å². The van der Waals surface area contributed by atoms with Crippen LogP contribution in [-0.2, 0) is 11.2 Å². The molecule has 1 aliphatic carbocycles. The molecule has 0 aliphatic heterocycles. The van der Waals surface area contributed by atoms with Gasteiger partial charge in [0.05, 0.1) is 18.8 Å². The number of rotatable bonds is 5. The maximum absolute atomic E-state index is 10.7. The SMILES string of the molecule is COc1ccc(Br)c(CC(O)C2(OC)CCCCC2)c1. The van der Waals surface area contributed by atoms with Gasteiger partial charge in [-0.1, -0.05) is 35.2 Å². The molecule has 1 atom stereocenters. The van der Waals surface area contributed by atoms with Crippen LogP contribution in [0.2, 0.25) is 0 Å². The summed E-state index contributed by atoms with van der Waals surface area (Å²) in [5.41, 5.74) is 0.666. The molecule has 0 spiro atoms. The fraction of sp³-hybridized carbons (Fsp3) is 0.625. The van der Waals surface area contributed by atoms with Gasteiger partial charge in [0.15, 0.2) is 0 Å². The monoisotopic (exact) mass is 342 g/mol. The molecule has 0 amide bonds. The minimum atomic E-state index is -0.490. The lowest BCUT2D eigenvalue weighted by Crippen LogP contribution is -2.46. The number of aliphatic hydroxyl groups is 1. The molecule has 1 N–H and O–H groups in total. The molecule has 0 radical (unpaired) electrons. The smallest absolute Gasteiger partial charge is 0.119 e. The van der Waals surface area contributed by atoms with Crippen molar-refractivity contribution >= 4 is 15.9 Å². The van der Waals surface area contributed by atoms with Crippen LogP contribution in [0, 0.1) is 0 Å². The molecule has 0 heterocycles. The highest BCUT2D eigenvalue weighted by Gasteiger charge is 2.39. The zero-order chi connectivity index (χ0) is 14.6. The summed E-state index contributed by atoms with van der Waals surface area (Å²) in [6.07, 6.45) is 5.45. The third kappa shape index (κ3) is 3.35. The van der Waals surface area contributed by atoms with Crippen LogP contribution in [0.4, 0.5) is 0 Å². The minimum absolute atomic E-state index is 0.388. The van der Waals surface area contributed by atoms with Crippen molar-refractivity contribution in [1.82, 2.24) is 0 Å². The normalized spacial score (nSPS) is 19.6. The van der Waals surface area contributed by atoms with Gasteiger partial charge in [-0.2, -0.15) is 0 Å². The van der Waals surface area contributed by atoms with Gasteiger partial charge in [0.2, 0.25) is 0 Å². The Morgan fingerprint density at radius 3 is 2.55 bits per heavy atom. The number of methoxy groups -OCH3 is 2. The van der Waals surface area contributed by atoms with Crippen LogP contribution in [-0.4, -0.2) is 31.0 Å². The lowest BCUT2D eigenvalue weighted by molar-refractivity contribution is -0.122. The Kier molecular flexibility index (Phi) is 5.47. The van der Waals surface area contributed by atoms with E-state index in [2.05, 4.69) is 15.9 Å². The van der Waals surface area contributed by atoms with Gasteiger partial charge in [-0.05, 0) is 36.6 Å². The minimum Gasteiger partial charge on any atom is -0.497 e.